The molecule has 1 aromatic rings. The average Bonchev–Trinajstić information content (AvgIpc) is 2.92. The van der Waals surface area contributed by atoms with E-state index >= 15 is 0 Å². The molecule has 0 saturated heterocycles. The first-order valence-corrected chi connectivity index (χ1v) is 5.97. The highest BCUT2D eigenvalue weighted by molar-refractivity contribution is 5.68. The van der Waals surface area contributed by atoms with Gasteiger partial charge in [-0.1, -0.05) is 6.92 Å². The smallest absolute Gasteiger partial charge is 0.397 e. The van der Waals surface area contributed by atoms with Crippen LogP contribution in [0.4, 0.5) is 24.5 Å². The predicted molar refractivity (Wildman–Crippen MR) is 66.4 cm³/mol. The zero-order valence-corrected chi connectivity index (χ0v) is 10.5. The van der Waals surface area contributed by atoms with Crippen molar-refractivity contribution < 1.29 is 13.2 Å². The van der Waals surface area contributed by atoms with Gasteiger partial charge in [-0.3, -0.25) is 0 Å². The van der Waals surface area contributed by atoms with Crippen LogP contribution in [0, 0.1) is 11.8 Å². The van der Waals surface area contributed by atoms with Crippen LogP contribution < -0.4 is 10.6 Å². The van der Waals surface area contributed by atoms with Gasteiger partial charge < -0.3 is 10.6 Å². The zero-order valence-electron chi connectivity index (χ0n) is 10.5. The maximum atomic E-state index is 12.5. The van der Waals surface area contributed by atoms with Gasteiger partial charge in [-0.05, 0) is 36.5 Å². The van der Waals surface area contributed by atoms with Gasteiger partial charge >= 0.3 is 6.18 Å². The first kappa shape index (κ1) is 13.1. The number of rotatable bonds is 3. The lowest BCUT2D eigenvalue weighted by atomic mass is 10.1. The van der Waals surface area contributed by atoms with E-state index in [0.29, 0.717) is 17.5 Å². The summed E-state index contributed by atoms with van der Waals surface area (Å²) in [5.41, 5.74) is 5.86. The van der Waals surface area contributed by atoms with E-state index in [9.17, 15) is 13.2 Å². The van der Waals surface area contributed by atoms with Gasteiger partial charge in [0.2, 0.25) is 0 Å². The number of nitrogen functional groups attached to an aromatic ring is 1. The van der Waals surface area contributed by atoms with E-state index in [1.807, 2.05) is 11.9 Å². The highest BCUT2D eigenvalue weighted by atomic mass is 19.4. The molecule has 0 aromatic heterocycles. The molecular formula is C13H17F3N2. The molecule has 1 aromatic carbocycles. The largest absolute Gasteiger partial charge is 0.416 e. The van der Waals surface area contributed by atoms with Crippen molar-refractivity contribution >= 4 is 11.4 Å². The molecule has 2 nitrogen and oxygen atoms in total. The molecule has 0 heterocycles. The SMILES string of the molecule is CC1CC1CN(C)c1ccc(C(F)(F)F)cc1N. The lowest BCUT2D eigenvalue weighted by Gasteiger charge is -2.22. The average molecular weight is 258 g/mol. The second kappa shape index (κ2) is 4.37. The summed E-state index contributed by atoms with van der Waals surface area (Å²) >= 11 is 0. The maximum Gasteiger partial charge on any atom is 0.416 e. The minimum atomic E-state index is -4.34. The van der Waals surface area contributed by atoms with E-state index in [4.69, 9.17) is 5.73 Å². The first-order chi connectivity index (χ1) is 8.29. The van der Waals surface area contributed by atoms with Crippen LogP contribution in [-0.4, -0.2) is 13.6 Å². The highest BCUT2D eigenvalue weighted by Crippen LogP contribution is 2.40. The van der Waals surface area contributed by atoms with Gasteiger partial charge in [-0.2, -0.15) is 13.2 Å². The summed E-state index contributed by atoms with van der Waals surface area (Å²) in [7, 11) is 1.87. The Balaban J connectivity index is 2.14. The fourth-order valence-corrected chi connectivity index (χ4v) is 2.18. The molecule has 1 aliphatic carbocycles. The predicted octanol–water partition coefficient (Wildman–Crippen LogP) is 3.38. The van der Waals surface area contributed by atoms with Crippen molar-refractivity contribution in [1.82, 2.24) is 0 Å². The second-order valence-electron chi connectivity index (χ2n) is 5.12. The first-order valence-electron chi connectivity index (χ1n) is 5.97. The summed E-state index contributed by atoms with van der Waals surface area (Å²) in [6.07, 6.45) is -3.15. The molecule has 2 rings (SSSR count). The normalized spacial score (nSPS) is 22.9. The molecule has 0 spiro atoms. The third-order valence-electron chi connectivity index (χ3n) is 3.55. The molecule has 1 fully saturated rings. The Labute approximate surface area is 105 Å². The standard InChI is InChI=1S/C13H17F3N2/c1-8-5-9(8)7-18(2)12-4-3-10(6-11(12)17)13(14,15)16/h3-4,6,8-9H,5,7,17H2,1-2H3. The van der Waals surface area contributed by atoms with Crippen LogP contribution in [-0.2, 0) is 6.18 Å². The van der Waals surface area contributed by atoms with Crippen LogP contribution in [0.15, 0.2) is 18.2 Å². The lowest BCUT2D eigenvalue weighted by molar-refractivity contribution is -0.137. The molecule has 2 atom stereocenters. The summed E-state index contributed by atoms with van der Waals surface area (Å²) in [6, 6.07) is 3.53. The van der Waals surface area contributed by atoms with E-state index < -0.39 is 11.7 Å². The van der Waals surface area contributed by atoms with Gasteiger partial charge in [0.1, 0.15) is 0 Å². The topological polar surface area (TPSA) is 29.3 Å². The Morgan fingerprint density at radius 3 is 2.44 bits per heavy atom. The van der Waals surface area contributed by atoms with Crippen molar-refractivity contribution in [2.75, 3.05) is 24.2 Å². The number of halogens is 3. The van der Waals surface area contributed by atoms with E-state index in [-0.39, 0.29) is 5.69 Å². The van der Waals surface area contributed by atoms with Crippen molar-refractivity contribution in [2.24, 2.45) is 11.8 Å². The molecule has 1 saturated carbocycles. The minimum absolute atomic E-state index is 0.181. The zero-order chi connectivity index (χ0) is 13.5. The lowest BCUT2D eigenvalue weighted by Crippen LogP contribution is -2.22. The summed E-state index contributed by atoms with van der Waals surface area (Å²) in [4.78, 5) is 1.93. The number of nitrogens with two attached hydrogens (primary N) is 1. The molecule has 0 amide bonds. The van der Waals surface area contributed by atoms with Crippen LogP contribution in [0.2, 0.25) is 0 Å². The van der Waals surface area contributed by atoms with Crippen molar-refractivity contribution in [3.63, 3.8) is 0 Å². The fourth-order valence-electron chi connectivity index (χ4n) is 2.18. The van der Waals surface area contributed by atoms with Crippen LogP contribution in [0.5, 0.6) is 0 Å². The Bertz CT molecular complexity index is 442. The number of hydrogen-bond acceptors (Lipinski definition) is 2. The number of hydrogen-bond donors (Lipinski definition) is 1. The molecule has 18 heavy (non-hydrogen) atoms. The van der Waals surface area contributed by atoms with Gasteiger partial charge in [0.25, 0.3) is 0 Å². The van der Waals surface area contributed by atoms with Gasteiger partial charge in [-0.15, -0.1) is 0 Å². The van der Waals surface area contributed by atoms with E-state index in [1.54, 1.807) is 0 Å². The molecule has 0 bridgehead atoms. The third kappa shape index (κ3) is 2.71. The van der Waals surface area contributed by atoms with Crippen LogP contribution >= 0.6 is 0 Å². The summed E-state index contributed by atoms with van der Waals surface area (Å²) in [5.74, 6) is 1.35. The van der Waals surface area contributed by atoms with Crippen molar-refractivity contribution in [1.29, 1.82) is 0 Å². The van der Waals surface area contributed by atoms with Crippen LogP contribution in [0.25, 0.3) is 0 Å². The highest BCUT2D eigenvalue weighted by Gasteiger charge is 2.34. The number of nitrogens with zero attached hydrogens (tertiary/aromatic N) is 1. The van der Waals surface area contributed by atoms with E-state index in [1.165, 1.54) is 12.5 Å². The summed E-state index contributed by atoms with van der Waals surface area (Å²) in [5, 5.41) is 0. The Kier molecular flexibility index (Phi) is 3.17. The van der Waals surface area contributed by atoms with Crippen molar-refractivity contribution in [3.8, 4) is 0 Å². The van der Waals surface area contributed by atoms with E-state index in [2.05, 4.69) is 6.92 Å². The van der Waals surface area contributed by atoms with Gasteiger partial charge in [0.05, 0.1) is 16.9 Å². The Hall–Kier alpha value is -1.39. The number of benzene rings is 1. The van der Waals surface area contributed by atoms with Crippen LogP contribution in [0.3, 0.4) is 0 Å². The molecule has 0 radical (unpaired) electrons. The second-order valence-corrected chi connectivity index (χ2v) is 5.12. The number of anilines is 2. The quantitative estimate of drug-likeness (QED) is 0.842. The fraction of sp³-hybridized carbons (Fsp3) is 0.538. The Morgan fingerprint density at radius 1 is 1.39 bits per heavy atom. The summed E-state index contributed by atoms with van der Waals surface area (Å²) in [6.45, 7) is 3.02. The maximum absolute atomic E-state index is 12.5. The van der Waals surface area contributed by atoms with E-state index in [0.717, 1.165) is 18.7 Å². The monoisotopic (exact) mass is 258 g/mol. The van der Waals surface area contributed by atoms with Crippen LogP contribution in [0.1, 0.15) is 18.9 Å². The molecule has 0 aliphatic heterocycles. The minimum Gasteiger partial charge on any atom is -0.397 e. The van der Waals surface area contributed by atoms with Gasteiger partial charge in [0, 0.05) is 13.6 Å². The number of alkyl halides is 3. The summed E-state index contributed by atoms with van der Waals surface area (Å²) < 4.78 is 37.5. The van der Waals surface area contributed by atoms with Gasteiger partial charge in [-0.25, -0.2) is 0 Å². The third-order valence-corrected chi connectivity index (χ3v) is 3.55. The molecule has 2 N–H and O–H groups in total. The molecule has 2 unspecified atom stereocenters. The Morgan fingerprint density at radius 2 is 2.00 bits per heavy atom. The van der Waals surface area contributed by atoms with Gasteiger partial charge in [0.15, 0.2) is 0 Å². The molecule has 1 aliphatic rings. The molecule has 5 heteroatoms. The van der Waals surface area contributed by atoms with Crippen molar-refractivity contribution in [2.45, 2.75) is 19.5 Å². The molecular weight excluding hydrogens is 241 g/mol. The molecule has 100 valence electrons. The van der Waals surface area contributed by atoms with Crippen molar-refractivity contribution in [3.05, 3.63) is 23.8 Å².